The Hall–Kier alpha value is -3.32. The molecule has 0 amide bonds. The summed E-state index contributed by atoms with van der Waals surface area (Å²) in [5.41, 5.74) is 2.28. The second kappa shape index (κ2) is 5.64. The van der Waals surface area contributed by atoms with Crippen molar-refractivity contribution < 1.29 is 0 Å². The third-order valence-electron chi connectivity index (χ3n) is 4.83. The minimum absolute atomic E-state index is 1.14. The molecule has 0 fully saturated rings. The summed E-state index contributed by atoms with van der Waals surface area (Å²) in [6.45, 7) is 0. The molecule has 0 atom stereocenters. The topological polar surface area (TPSA) is 12.0 Å². The lowest BCUT2D eigenvalue weighted by Gasteiger charge is -2.14. The molecular formula is C24H17N. The van der Waals surface area contributed by atoms with Crippen molar-refractivity contribution in [1.82, 2.24) is 0 Å². The Kier molecular flexibility index (Phi) is 3.17. The summed E-state index contributed by atoms with van der Waals surface area (Å²) in [5.74, 6) is 0. The number of hydrogen-bond acceptors (Lipinski definition) is 1. The number of hydrogen-bond donors (Lipinski definition) is 1. The van der Waals surface area contributed by atoms with Gasteiger partial charge in [-0.1, -0.05) is 84.9 Å². The molecule has 1 heteroatoms. The largest absolute Gasteiger partial charge is 0.354 e. The van der Waals surface area contributed by atoms with Crippen molar-refractivity contribution in [1.29, 1.82) is 0 Å². The summed E-state index contributed by atoms with van der Waals surface area (Å²) in [6.07, 6.45) is 0. The first kappa shape index (κ1) is 14.1. The number of rotatable bonds is 2. The fourth-order valence-electron chi connectivity index (χ4n) is 3.64. The predicted molar refractivity (Wildman–Crippen MR) is 109 cm³/mol. The Bertz CT molecular complexity index is 1220. The van der Waals surface area contributed by atoms with Crippen LogP contribution in [0.25, 0.3) is 32.3 Å². The van der Waals surface area contributed by atoms with E-state index in [1.54, 1.807) is 0 Å². The first-order valence-corrected chi connectivity index (χ1v) is 8.55. The van der Waals surface area contributed by atoms with Gasteiger partial charge in [-0.05, 0) is 33.7 Å². The van der Waals surface area contributed by atoms with Gasteiger partial charge in [0.1, 0.15) is 0 Å². The zero-order valence-electron chi connectivity index (χ0n) is 13.7. The fraction of sp³-hybridized carbons (Fsp3) is 0. The molecule has 0 unspecified atom stereocenters. The molecule has 118 valence electrons. The van der Waals surface area contributed by atoms with Crippen LogP contribution in [-0.4, -0.2) is 0 Å². The quantitative estimate of drug-likeness (QED) is 0.349. The standard InChI is InChI=1S/C24H17N/c1-3-11-20-17(7-1)9-5-13-22(20)25-23-14-6-10-19-16-15-18-8-2-4-12-21(18)24(19)23/h1-16,25H. The molecular weight excluding hydrogens is 302 g/mol. The van der Waals surface area contributed by atoms with E-state index in [1.165, 1.54) is 32.3 Å². The van der Waals surface area contributed by atoms with Crippen molar-refractivity contribution in [2.24, 2.45) is 0 Å². The summed E-state index contributed by atoms with van der Waals surface area (Å²) in [7, 11) is 0. The lowest BCUT2D eigenvalue weighted by molar-refractivity contribution is 1.61. The molecule has 1 N–H and O–H groups in total. The summed E-state index contributed by atoms with van der Waals surface area (Å²) in [6, 6.07) is 34.3. The lowest BCUT2D eigenvalue weighted by Crippen LogP contribution is -1.93. The molecule has 0 saturated carbocycles. The van der Waals surface area contributed by atoms with Gasteiger partial charge in [-0.25, -0.2) is 0 Å². The molecule has 0 heterocycles. The van der Waals surface area contributed by atoms with Gasteiger partial charge in [0.2, 0.25) is 0 Å². The molecule has 5 aromatic rings. The van der Waals surface area contributed by atoms with Crippen LogP contribution in [0.15, 0.2) is 97.1 Å². The maximum Gasteiger partial charge on any atom is 0.0470 e. The summed E-state index contributed by atoms with van der Waals surface area (Å²) in [4.78, 5) is 0. The third kappa shape index (κ3) is 2.33. The molecule has 0 radical (unpaired) electrons. The van der Waals surface area contributed by atoms with Crippen LogP contribution in [0.1, 0.15) is 0 Å². The average Bonchev–Trinajstić information content (AvgIpc) is 2.68. The van der Waals surface area contributed by atoms with E-state index in [2.05, 4.69) is 102 Å². The van der Waals surface area contributed by atoms with Crippen LogP contribution in [-0.2, 0) is 0 Å². The van der Waals surface area contributed by atoms with Crippen LogP contribution in [0.2, 0.25) is 0 Å². The van der Waals surface area contributed by atoms with Gasteiger partial charge in [-0.3, -0.25) is 0 Å². The molecule has 0 aromatic heterocycles. The smallest absolute Gasteiger partial charge is 0.0470 e. The number of nitrogens with one attached hydrogen (secondary N) is 1. The zero-order valence-corrected chi connectivity index (χ0v) is 13.7. The van der Waals surface area contributed by atoms with E-state index in [9.17, 15) is 0 Å². The van der Waals surface area contributed by atoms with Gasteiger partial charge >= 0.3 is 0 Å². The molecule has 25 heavy (non-hydrogen) atoms. The molecule has 0 aliphatic carbocycles. The minimum Gasteiger partial charge on any atom is -0.354 e. The number of benzene rings is 5. The second-order valence-corrected chi connectivity index (χ2v) is 6.34. The van der Waals surface area contributed by atoms with Gasteiger partial charge in [-0.15, -0.1) is 0 Å². The summed E-state index contributed by atoms with van der Waals surface area (Å²) >= 11 is 0. The van der Waals surface area contributed by atoms with Crippen LogP contribution in [0, 0.1) is 0 Å². The van der Waals surface area contributed by atoms with E-state index in [0.29, 0.717) is 0 Å². The highest BCUT2D eigenvalue weighted by molar-refractivity contribution is 6.14. The van der Waals surface area contributed by atoms with Crippen LogP contribution in [0.3, 0.4) is 0 Å². The molecule has 5 aromatic carbocycles. The minimum atomic E-state index is 1.14. The van der Waals surface area contributed by atoms with Crippen molar-refractivity contribution in [3.63, 3.8) is 0 Å². The molecule has 0 saturated heterocycles. The van der Waals surface area contributed by atoms with Crippen LogP contribution in [0.5, 0.6) is 0 Å². The Morgan fingerprint density at radius 1 is 0.400 bits per heavy atom. The van der Waals surface area contributed by atoms with Gasteiger partial charge in [0.25, 0.3) is 0 Å². The van der Waals surface area contributed by atoms with Crippen molar-refractivity contribution in [2.75, 3.05) is 5.32 Å². The SMILES string of the molecule is c1ccc2c(Nc3cccc4ccc5ccccc5c34)cccc2c1. The van der Waals surface area contributed by atoms with Gasteiger partial charge in [0.15, 0.2) is 0 Å². The van der Waals surface area contributed by atoms with Gasteiger partial charge in [0, 0.05) is 22.1 Å². The third-order valence-corrected chi connectivity index (χ3v) is 4.83. The maximum atomic E-state index is 3.68. The summed E-state index contributed by atoms with van der Waals surface area (Å²) in [5, 5.41) is 11.2. The van der Waals surface area contributed by atoms with Gasteiger partial charge < -0.3 is 5.32 Å². The van der Waals surface area contributed by atoms with Crippen molar-refractivity contribution in [3.8, 4) is 0 Å². The Labute approximate surface area is 146 Å². The monoisotopic (exact) mass is 319 g/mol. The lowest BCUT2D eigenvalue weighted by atomic mass is 10.00. The number of fused-ring (bicyclic) bond motifs is 4. The zero-order chi connectivity index (χ0) is 16.6. The summed E-state index contributed by atoms with van der Waals surface area (Å²) < 4.78 is 0. The highest BCUT2D eigenvalue weighted by Gasteiger charge is 2.07. The predicted octanol–water partition coefficient (Wildman–Crippen LogP) is 6.89. The molecule has 0 aliphatic rings. The Morgan fingerprint density at radius 3 is 1.80 bits per heavy atom. The van der Waals surface area contributed by atoms with Crippen LogP contribution in [0.4, 0.5) is 11.4 Å². The van der Waals surface area contributed by atoms with E-state index in [1.807, 2.05) is 0 Å². The highest BCUT2D eigenvalue weighted by atomic mass is 14.9. The van der Waals surface area contributed by atoms with Crippen molar-refractivity contribution >= 4 is 43.7 Å². The number of anilines is 2. The van der Waals surface area contributed by atoms with E-state index in [0.717, 1.165) is 11.4 Å². The van der Waals surface area contributed by atoms with Crippen molar-refractivity contribution in [2.45, 2.75) is 0 Å². The molecule has 0 bridgehead atoms. The maximum absolute atomic E-state index is 3.68. The van der Waals surface area contributed by atoms with E-state index in [-0.39, 0.29) is 0 Å². The van der Waals surface area contributed by atoms with Gasteiger partial charge in [0.05, 0.1) is 0 Å². The Morgan fingerprint density at radius 2 is 0.960 bits per heavy atom. The average molecular weight is 319 g/mol. The first-order chi connectivity index (χ1) is 12.4. The molecule has 0 aliphatic heterocycles. The van der Waals surface area contributed by atoms with Crippen LogP contribution >= 0.6 is 0 Å². The molecule has 0 spiro atoms. The molecule has 5 rings (SSSR count). The fourth-order valence-corrected chi connectivity index (χ4v) is 3.64. The van der Waals surface area contributed by atoms with Gasteiger partial charge in [-0.2, -0.15) is 0 Å². The van der Waals surface area contributed by atoms with Crippen molar-refractivity contribution in [3.05, 3.63) is 97.1 Å². The Balaban J connectivity index is 1.77. The van der Waals surface area contributed by atoms with E-state index < -0.39 is 0 Å². The normalized spacial score (nSPS) is 11.2. The highest BCUT2D eigenvalue weighted by Crippen LogP contribution is 2.34. The van der Waals surface area contributed by atoms with E-state index in [4.69, 9.17) is 0 Å². The van der Waals surface area contributed by atoms with E-state index >= 15 is 0 Å². The second-order valence-electron chi connectivity index (χ2n) is 6.34. The molecule has 1 nitrogen and oxygen atoms in total. The first-order valence-electron chi connectivity index (χ1n) is 8.55. The van der Waals surface area contributed by atoms with Crippen LogP contribution < -0.4 is 5.32 Å².